The van der Waals surface area contributed by atoms with Gasteiger partial charge in [-0.1, -0.05) is 17.7 Å². The van der Waals surface area contributed by atoms with Crippen molar-refractivity contribution in [2.24, 2.45) is 0 Å². The number of aryl methyl sites for hydroxylation is 1. The Labute approximate surface area is 104 Å². The van der Waals surface area contributed by atoms with E-state index in [1.807, 2.05) is 0 Å². The Hall–Kier alpha value is -1.06. The molecule has 3 heteroatoms. The van der Waals surface area contributed by atoms with E-state index in [0.717, 1.165) is 26.2 Å². The normalized spacial score (nSPS) is 21.8. The van der Waals surface area contributed by atoms with Crippen molar-refractivity contribution in [2.45, 2.75) is 13.0 Å². The zero-order valence-electron chi connectivity index (χ0n) is 11.0. The van der Waals surface area contributed by atoms with Crippen LogP contribution in [0.2, 0.25) is 0 Å². The lowest BCUT2D eigenvalue weighted by molar-refractivity contribution is 0.143. The van der Waals surface area contributed by atoms with Crippen molar-refractivity contribution < 1.29 is 4.74 Å². The molecule has 1 atom stereocenters. The molecule has 1 aliphatic heterocycles. The van der Waals surface area contributed by atoms with E-state index in [4.69, 9.17) is 4.74 Å². The van der Waals surface area contributed by atoms with Crippen LogP contribution in [0.15, 0.2) is 24.3 Å². The van der Waals surface area contributed by atoms with Gasteiger partial charge in [0.15, 0.2) is 0 Å². The second-order valence-corrected chi connectivity index (χ2v) is 4.90. The van der Waals surface area contributed by atoms with Gasteiger partial charge in [0, 0.05) is 32.4 Å². The van der Waals surface area contributed by atoms with Gasteiger partial charge in [0.25, 0.3) is 0 Å². The fourth-order valence-corrected chi connectivity index (χ4v) is 2.42. The predicted octanol–water partition coefficient (Wildman–Crippen LogP) is 1.76. The molecule has 0 aliphatic carbocycles. The van der Waals surface area contributed by atoms with E-state index in [1.165, 1.54) is 11.3 Å². The summed E-state index contributed by atoms with van der Waals surface area (Å²) in [5.74, 6) is 0. The van der Waals surface area contributed by atoms with Crippen molar-refractivity contribution >= 4 is 5.69 Å². The summed E-state index contributed by atoms with van der Waals surface area (Å²) in [6, 6.07) is 9.24. The minimum Gasteiger partial charge on any atom is -0.383 e. The van der Waals surface area contributed by atoms with Crippen molar-refractivity contribution in [1.29, 1.82) is 0 Å². The molecule has 17 heavy (non-hydrogen) atoms. The van der Waals surface area contributed by atoms with Gasteiger partial charge in [-0.15, -0.1) is 0 Å². The van der Waals surface area contributed by atoms with E-state index in [0.29, 0.717) is 6.04 Å². The summed E-state index contributed by atoms with van der Waals surface area (Å²) in [7, 11) is 3.96. The van der Waals surface area contributed by atoms with E-state index in [1.54, 1.807) is 7.11 Å². The van der Waals surface area contributed by atoms with Crippen molar-refractivity contribution in [1.82, 2.24) is 4.90 Å². The van der Waals surface area contributed by atoms with Crippen molar-refractivity contribution in [3.63, 3.8) is 0 Å². The van der Waals surface area contributed by atoms with Crippen molar-refractivity contribution in [3.8, 4) is 0 Å². The Balaban J connectivity index is 2.14. The summed E-state index contributed by atoms with van der Waals surface area (Å²) in [5, 5.41) is 0. The number of piperazine rings is 1. The lowest BCUT2D eigenvalue weighted by Crippen LogP contribution is -2.53. The Bertz CT molecular complexity index is 350. The van der Waals surface area contributed by atoms with E-state index in [2.05, 4.69) is 48.0 Å². The molecular weight excluding hydrogens is 212 g/mol. The highest BCUT2D eigenvalue weighted by Crippen LogP contribution is 2.20. The molecule has 2 rings (SSSR count). The van der Waals surface area contributed by atoms with Gasteiger partial charge < -0.3 is 14.5 Å². The molecule has 3 nitrogen and oxygen atoms in total. The van der Waals surface area contributed by atoms with Crippen molar-refractivity contribution in [2.75, 3.05) is 45.3 Å². The molecule has 1 aliphatic rings. The molecule has 94 valence electrons. The van der Waals surface area contributed by atoms with Gasteiger partial charge in [-0.25, -0.2) is 0 Å². The van der Waals surface area contributed by atoms with Crippen LogP contribution in [0.25, 0.3) is 0 Å². The van der Waals surface area contributed by atoms with E-state index in [-0.39, 0.29) is 0 Å². The first-order chi connectivity index (χ1) is 8.20. The summed E-state index contributed by atoms with van der Waals surface area (Å²) < 4.78 is 5.34. The summed E-state index contributed by atoms with van der Waals surface area (Å²) in [5.41, 5.74) is 2.62. The topological polar surface area (TPSA) is 15.7 Å². The third-order valence-electron chi connectivity index (χ3n) is 3.41. The Morgan fingerprint density at radius 3 is 2.59 bits per heavy atom. The third-order valence-corrected chi connectivity index (χ3v) is 3.41. The highest BCUT2D eigenvalue weighted by atomic mass is 16.5. The number of hydrogen-bond donors (Lipinski definition) is 0. The molecular formula is C14H22N2O. The van der Waals surface area contributed by atoms with Crippen molar-refractivity contribution in [3.05, 3.63) is 29.8 Å². The Kier molecular flexibility index (Phi) is 4.02. The van der Waals surface area contributed by atoms with Crippen LogP contribution >= 0.6 is 0 Å². The maximum Gasteiger partial charge on any atom is 0.0678 e. The third kappa shape index (κ3) is 2.99. The molecule has 1 aromatic rings. The molecule has 0 amide bonds. The highest BCUT2D eigenvalue weighted by molar-refractivity contribution is 5.49. The van der Waals surface area contributed by atoms with E-state index in [9.17, 15) is 0 Å². The summed E-state index contributed by atoms with van der Waals surface area (Å²) >= 11 is 0. The number of methoxy groups -OCH3 is 1. The van der Waals surface area contributed by atoms with E-state index < -0.39 is 0 Å². The molecule has 1 unspecified atom stereocenters. The highest BCUT2D eigenvalue weighted by Gasteiger charge is 2.25. The Morgan fingerprint density at radius 1 is 1.24 bits per heavy atom. The van der Waals surface area contributed by atoms with Crippen LogP contribution in [0.1, 0.15) is 5.56 Å². The minimum atomic E-state index is 0.460. The molecule has 1 aromatic carbocycles. The molecule has 0 N–H and O–H groups in total. The van der Waals surface area contributed by atoms with Gasteiger partial charge in [0.1, 0.15) is 0 Å². The number of ether oxygens (including phenoxy) is 1. The first kappa shape index (κ1) is 12.4. The average Bonchev–Trinajstić information content (AvgIpc) is 2.31. The van der Waals surface area contributed by atoms with Gasteiger partial charge in [0.2, 0.25) is 0 Å². The fourth-order valence-electron chi connectivity index (χ4n) is 2.42. The second kappa shape index (κ2) is 5.52. The molecule has 1 saturated heterocycles. The lowest BCUT2D eigenvalue weighted by atomic mass is 10.1. The minimum absolute atomic E-state index is 0.460. The largest absolute Gasteiger partial charge is 0.383 e. The van der Waals surface area contributed by atoms with Gasteiger partial charge in [-0.05, 0) is 26.1 Å². The number of benzene rings is 1. The van der Waals surface area contributed by atoms with Gasteiger partial charge in [0.05, 0.1) is 12.6 Å². The fraction of sp³-hybridized carbons (Fsp3) is 0.571. The monoisotopic (exact) mass is 234 g/mol. The maximum atomic E-state index is 5.34. The second-order valence-electron chi connectivity index (χ2n) is 4.90. The predicted molar refractivity (Wildman–Crippen MR) is 71.7 cm³/mol. The van der Waals surface area contributed by atoms with Crippen LogP contribution in [-0.2, 0) is 4.74 Å². The van der Waals surface area contributed by atoms with E-state index >= 15 is 0 Å². The lowest BCUT2D eigenvalue weighted by Gasteiger charge is -2.41. The Morgan fingerprint density at radius 2 is 1.94 bits per heavy atom. The molecule has 0 bridgehead atoms. The SMILES string of the molecule is COCC1CN(C)CCN1c1ccc(C)cc1. The number of hydrogen-bond acceptors (Lipinski definition) is 3. The summed E-state index contributed by atoms with van der Waals surface area (Å²) in [4.78, 5) is 4.83. The van der Waals surface area contributed by atoms with Crippen LogP contribution in [0, 0.1) is 6.92 Å². The standard InChI is InChI=1S/C14H22N2O/c1-12-4-6-13(7-5-12)16-9-8-15(2)10-14(16)11-17-3/h4-7,14H,8-11H2,1-3H3. The quantitative estimate of drug-likeness (QED) is 0.792. The van der Waals surface area contributed by atoms with Crippen LogP contribution in [0.4, 0.5) is 5.69 Å². The molecule has 0 spiro atoms. The number of nitrogens with zero attached hydrogens (tertiary/aromatic N) is 2. The smallest absolute Gasteiger partial charge is 0.0678 e. The summed E-state index contributed by atoms with van der Waals surface area (Å²) in [6.45, 7) is 6.18. The van der Waals surface area contributed by atoms with Crippen LogP contribution in [0.5, 0.6) is 0 Å². The van der Waals surface area contributed by atoms with Crippen LogP contribution < -0.4 is 4.90 Å². The van der Waals surface area contributed by atoms with Gasteiger partial charge in [-0.3, -0.25) is 0 Å². The number of rotatable bonds is 3. The maximum absolute atomic E-state index is 5.34. The van der Waals surface area contributed by atoms with Crippen LogP contribution in [0.3, 0.4) is 0 Å². The molecule has 1 fully saturated rings. The molecule has 1 heterocycles. The van der Waals surface area contributed by atoms with Gasteiger partial charge >= 0.3 is 0 Å². The molecule has 0 saturated carbocycles. The molecule has 0 radical (unpaired) electrons. The average molecular weight is 234 g/mol. The zero-order chi connectivity index (χ0) is 12.3. The first-order valence-electron chi connectivity index (χ1n) is 6.21. The van der Waals surface area contributed by atoms with Gasteiger partial charge in [-0.2, -0.15) is 0 Å². The number of likely N-dealkylation sites (N-methyl/N-ethyl adjacent to an activating group) is 1. The number of anilines is 1. The first-order valence-corrected chi connectivity index (χ1v) is 6.21. The molecule has 0 aromatic heterocycles. The summed E-state index contributed by atoms with van der Waals surface area (Å²) in [6.07, 6.45) is 0. The van der Waals surface area contributed by atoms with Crippen LogP contribution in [-0.4, -0.2) is 51.3 Å². The zero-order valence-corrected chi connectivity index (χ0v) is 11.0.